The van der Waals surface area contributed by atoms with Gasteiger partial charge in [-0.2, -0.15) is 0 Å². The van der Waals surface area contributed by atoms with E-state index in [9.17, 15) is 0 Å². The molecule has 0 unspecified atom stereocenters. The number of nitrogens with zero attached hydrogens (tertiary/aromatic N) is 1. The van der Waals surface area contributed by atoms with Gasteiger partial charge < -0.3 is 10.5 Å². The molecule has 3 aromatic rings. The summed E-state index contributed by atoms with van der Waals surface area (Å²) in [6, 6.07) is 12.0. The van der Waals surface area contributed by atoms with Gasteiger partial charge in [-0.1, -0.05) is 32.9 Å². The molecular weight excluding hydrogens is 280 g/mol. The predicted molar refractivity (Wildman–Crippen MR) is 89.2 cm³/mol. The van der Waals surface area contributed by atoms with Gasteiger partial charge in [-0.15, -0.1) is 11.3 Å². The van der Waals surface area contributed by atoms with Gasteiger partial charge in [0.2, 0.25) is 0 Å². The van der Waals surface area contributed by atoms with Crippen LogP contribution < -0.4 is 10.5 Å². The molecule has 0 saturated carbocycles. The molecule has 1 heterocycles. The van der Waals surface area contributed by atoms with Gasteiger partial charge in [0.15, 0.2) is 5.75 Å². The zero-order valence-electron chi connectivity index (χ0n) is 12.4. The first kappa shape index (κ1) is 13.9. The molecule has 1 aromatic heterocycles. The lowest BCUT2D eigenvalue weighted by molar-refractivity contribution is 0.481. The topological polar surface area (TPSA) is 48.1 Å². The Labute approximate surface area is 128 Å². The highest BCUT2D eigenvalue weighted by molar-refractivity contribution is 7.16. The van der Waals surface area contributed by atoms with Crippen LogP contribution in [0.3, 0.4) is 0 Å². The summed E-state index contributed by atoms with van der Waals surface area (Å²) >= 11 is 1.58. The van der Waals surface area contributed by atoms with E-state index < -0.39 is 0 Å². The predicted octanol–water partition coefficient (Wildman–Crippen LogP) is 4.97. The third kappa shape index (κ3) is 2.72. The van der Waals surface area contributed by atoms with Crippen molar-refractivity contribution in [3.8, 4) is 11.5 Å². The van der Waals surface area contributed by atoms with Crippen molar-refractivity contribution in [2.45, 2.75) is 26.2 Å². The van der Waals surface area contributed by atoms with Crippen LogP contribution in [0.5, 0.6) is 11.5 Å². The Bertz CT molecular complexity index is 787. The van der Waals surface area contributed by atoms with Crippen molar-refractivity contribution in [2.75, 3.05) is 5.73 Å². The monoisotopic (exact) mass is 298 g/mol. The molecule has 2 N–H and O–H groups in total. The molecule has 3 rings (SSSR count). The second-order valence-electron chi connectivity index (χ2n) is 6.06. The van der Waals surface area contributed by atoms with Gasteiger partial charge >= 0.3 is 0 Å². The molecule has 4 heteroatoms. The van der Waals surface area contributed by atoms with E-state index in [0.717, 1.165) is 16.0 Å². The van der Waals surface area contributed by atoms with Crippen molar-refractivity contribution in [1.82, 2.24) is 4.98 Å². The molecule has 0 fully saturated rings. The number of ether oxygens (including phenoxy) is 1. The van der Waals surface area contributed by atoms with E-state index in [4.69, 9.17) is 10.5 Å². The Morgan fingerprint density at radius 2 is 1.95 bits per heavy atom. The number of rotatable bonds is 2. The number of hydrogen-bond donors (Lipinski definition) is 1. The smallest absolute Gasteiger partial charge is 0.152 e. The summed E-state index contributed by atoms with van der Waals surface area (Å²) < 4.78 is 7.03. The summed E-state index contributed by atoms with van der Waals surface area (Å²) in [5.41, 5.74) is 10.7. The number of nitrogens with two attached hydrogens (primary N) is 1. The van der Waals surface area contributed by atoms with Gasteiger partial charge in [-0.25, -0.2) is 4.98 Å². The van der Waals surface area contributed by atoms with E-state index in [1.165, 1.54) is 5.56 Å². The quantitative estimate of drug-likeness (QED) is 0.680. The number of fused-ring (bicyclic) bond motifs is 1. The van der Waals surface area contributed by atoms with Crippen molar-refractivity contribution in [1.29, 1.82) is 0 Å². The lowest BCUT2D eigenvalue weighted by atomic mass is 9.87. The normalized spacial score (nSPS) is 11.8. The number of nitrogen functional groups attached to an aromatic ring is 1. The van der Waals surface area contributed by atoms with Crippen molar-refractivity contribution >= 4 is 27.2 Å². The Balaban J connectivity index is 1.97. The maximum absolute atomic E-state index is 6.15. The number of hydrogen-bond acceptors (Lipinski definition) is 4. The van der Waals surface area contributed by atoms with Gasteiger partial charge in [-0.05, 0) is 35.2 Å². The van der Waals surface area contributed by atoms with Crippen molar-refractivity contribution in [3.05, 3.63) is 47.5 Å². The van der Waals surface area contributed by atoms with Crippen LogP contribution in [0.15, 0.2) is 41.9 Å². The fourth-order valence-electron chi connectivity index (χ4n) is 2.18. The average Bonchev–Trinajstić information content (AvgIpc) is 2.91. The Hall–Kier alpha value is -2.07. The maximum atomic E-state index is 6.15. The molecule has 0 aliphatic rings. The number of benzene rings is 2. The van der Waals surface area contributed by atoms with Gasteiger partial charge in [0.25, 0.3) is 0 Å². The summed E-state index contributed by atoms with van der Waals surface area (Å²) in [6.07, 6.45) is 0. The van der Waals surface area contributed by atoms with Crippen LogP contribution in [-0.4, -0.2) is 4.98 Å². The third-order valence-corrected chi connectivity index (χ3v) is 4.22. The van der Waals surface area contributed by atoms with Crippen LogP contribution in [0, 0.1) is 0 Å². The average molecular weight is 298 g/mol. The molecule has 0 amide bonds. The van der Waals surface area contributed by atoms with Crippen LogP contribution in [0.4, 0.5) is 5.69 Å². The summed E-state index contributed by atoms with van der Waals surface area (Å²) in [4.78, 5) is 4.29. The molecule has 108 valence electrons. The van der Waals surface area contributed by atoms with Gasteiger partial charge in [0.1, 0.15) is 17.0 Å². The van der Waals surface area contributed by atoms with Crippen LogP contribution >= 0.6 is 11.3 Å². The fraction of sp³-hybridized carbons (Fsp3) is 0.235. The van der Waals surface area contributed by atoms with Crippen LogP contribution in [0.2, 0.25) is 0 Å². The third-order valence-electron chi connectivity index (χ3n) is 3.43. The van der Waals surface area contributed by atoms with E-state index in [-0.39, 0.29) is 5.41 Å². The highest BCUT2D eigenvalue weighted by atomic mass is 32.1. The van der Waals surface area contributed by atoms with E-state index >= 15 is 0 Å². The van der Waals surface area contributed by atoms with Gasteiger partial charge in [-0.3, -0.25) is 0 Å². The SMILES string of the molecule is CC(C)(C)c1cccc(Oc2ccc3scnc3c2N)c1. The lowest BCUT2D eigenvalue weighted by Crippen LogP contribution is -2.10. The first-order valence-corrected chi connectivity index (χ1v) is 7.73. The Morgan fingerprint density at radius 1 is 1.14 bits per heavy atom. The number of thiazole rings is 1. The largest absolute Gasteiger partial charge is 0.455 e. The highest BCUT2D eigenvalue weighted by Crippen LogP contribution is 2.35. The molecule has 3 nitrogen and oxygen atoms in total. The number of anilines is 1. The first-order valence-electron chi connectivity index (χ1n) is 6.85. The molecule has 2 aromatic carbocycles. The molecule has 0 spiro atoms. The zero-order valence-corrected chi connectivity index (χ0v) is 13.2. The molecule has 0 aliphatic heterocycles. The first-order chi connectivity index (χ1) is 9.95. The molecule has 0 aliphatic carbocycles. The van der Waals surface area contributed by atoms with Crippen LogP contribution in [0.1, 0.15) is 26.3 Å². The van der Waals surface area contributed by atoms with E-state index in [1.807, 2.05) is 24.3 Å². The van der Waals surface area contributed by atoms with Crippen molar-refractivity contribution in [2.24, 2.45) is 0 Å². The number of aromatic nitrogens is 1. The van der Waals surface area contributed by atoms with Gasteiger partial charge in [0.05, 0.1) is 10.2 Å². The highest BCUT2D eigenvalue weighted by Gasteiger charge is 2.15. The van der Waals surface area contributed by atoms with Gasteiger partial charge in [0, 0.05) is 0 Å². The molecule has 0 radical (unpaired) electrons. The minimum absolute atomic E-state index is 0.0871. The Kier molecular flexibility index (Phi) is 3.33. The molecule has 0 bridgehead atoms. The van der Waals surface area contributed by atoms with Crippen LogP contribution in [0.25, 0.3) is 10.2 Å². The van der Waals surface area contributed by atoms with E-state index in [1.54, 1.807) is 16.8 Å². The zero-order chi connectivity index (χ0) is 15.0. The lowest BCUT2D eigenvalue weighted by Gasteiger charge is -2.20. The Morgan fingerprint density at radius 3 is 2.71 bits per heavy atom. The minimum Gasteiger partial charge on any atom is -0.455 e. The van der Waals surface area contributed by atoms with E-state index in [2.05, 4.69) is 37.9 Å². The second kappa shape index (κ2) is 5.04. The maximum Gasteiger partial charge on any atom is 0.152 e. The summed E-state index contributed by atoms with van der Waals surface area (Å²) in [7, 11) is 0. The minimum atomic E-state index is 0.0871. The molecule has 21 heavy (non-hydrogen) atoms. The summed E-state index contributed by atoms with van der Waals surface area (Å²) in [5, 5.41) is 0. The summed E-state index contributed by atoms with van der Waals surface area (Å²) in [5.74, 6) is 1.45. The van der Waals surface area contributed by atoms with Crippen molar-refractivity contribution in [3.63, 3.8) is 0 Å². The van der Waals surface area contributed by atoms with Crippen molar-refractivity contribution < 1.29 is 4.74 Å². The molecule has 0 saturated heterocycles. The van der Waals surface area contributed by atoms with E-state index in [0.29, 0.717) is 11.4 Å². The molecule has 0 atom stereocenters. The summed E-state index contributed by atoms with van der Waals surface area (Å²) in [6.45, 7) is 6.55. The van der Waals surface area contributed by atoms with Crippen LogP contribution in [-0.2, 0) is 5.41 Å². The molecular formula is C17H18N2OS. The fourth-order valence-corrected chi connectivity index (χ4v) is 2.87. The standard InChI is InChI=1S/C17H18N2OS/c1-17(2,3)11-5-4-6-12(9-11)20-13-7-8-14-16(15(13)18)19-10-21-14/h4-10H,18H2,1-3H3. The second-order valence-corrected chi connectivity index (χ2v) is 6.94.